The van der Waals surface area contributed by atoms with Crippen molar-refractivity contribution in [1.82, 2.24) is 14.9 Å². The van der Waals surface area contributed by atoms with E-state index in [1.165, 1.54) is 0 Å². The molecule has 0 spiro atoms. The van der Waals surface area contributed by atoms with Gasteiger partial charge in [-0.1, -0.05) is 12.1 Å². The molecular formula is C14H19N3O2. The number of hydrogen-bond acceptors (Lipinski definition) is 3. The number of imidazole rings is 1. The van der Waals surface area contributed by atoms with Crippen molar-refractivity contribution >= 4 is 16.9 Å². The van der Waals surface area contributed by atoms with Crippen LogP contribution in [0.4, 0.5) is 0 Å². The Hall–Kier alpha value is -1.88. The van der Waals surface area contributed by atoms with E-state index in [1.54, 1.807) is 7.11 Å². The lowest BCUT2D eigenvalue weighted by Crippen LogP contribution is -2.37. The number of nitrogens with one attached hydrogen (secondary N) is 1. The summed E-state index contributed by atoms with van der Waals surface area (Å²) >= 11 is 0. The molecule has 0 saturated carbocycles. The van der Waals surface area contributed by atoms with Crippen molar-refractivity contribution in [3.8, 4) is 0 Å². The minimum absolute atomic E-state index is 0.00703. The lowest BCUT2D eigenvalue weighted by atomic mass is 10.3. The van der Waals surface area contributed by atoms with E-state index in [1.807, 2.05) is 42.7 Å². The highest BCUT2D eigenvalue weighted by molar-refractivity contribution is 5.81. The molecule has 5 nitrogen and oxygen atoms in total. The number of carbonyl (C=O) groups excluding carboxylic acids is 1. The number of rotatable bonds is 5. The first-order valence-electron chi connectivity index (χ1n) is 6.32. The molecule has 0 saturated heterocycles. The molecule has 1 amide bonds. The van der Waals surface area contributed by atoms with Crippen LogP contribution < -0.4 is 5.32 Å². The molecule has 0 bridgehead atoms. The Morgan fingerprint density at radius 1 is 1.47 bits per heavy atom. The van der Waals surface area contributed by atoms with Gasteiger partial charge in [0.1, 0.15) is 12.4 Å². The first kappa shape index (κ1) is 13.5. The maximum Gasteiger partial charge on any atom is 0.240 e. The first-order chi connectivity index (χ1) is 9.11. The van der Waals surface area contributed by atoms with Gasteiger partial charge < -0.3 is 14.6 Å². The lowest BCUT2D eigenvalue weighted by molar-refractivity contribution is -0.122. The zero-order chi connectivity index (χ0) is 13.8. The van der Waals surface area contributed by atoms with Gasteiger partial charge in [-0.25, -0.2) is 4.98 Å². The number of para-hydroxylation sites is 2. The van der Waals surface area contributed by atoms with Gasteiger partial charge in [-0.05, 0) is 26.0 Å². The van der Waals surface area contributed by atoms with E-state index >= 15 is 0 Å². The number of carbonyl (C=O) groups is 1. The molecule has 2 aromatic rings. The van der Waals surface area contributed by atoms with E-state index in [4.69, 9.17) is 4.74 Å². The highest BCUT2D eigenvalue weighted by Gasteiger charge is 2.12. The van der Waals surface area contributed by atoms with Gasteiger partial charge in [-0.3, -0.25) is 4.79 Å². The van der Waals surface area contributed by atoms with Gasteiger partial charge in [0, 0.05) is 13.2 Å². The summed E-state index contributed by atoms with van der Waals surface area (Å²) in [5, 5.41) is 2.90. The van der Waals surface area contributed by atoms with Gasteiger partial charge in [0.2, 0.25) is 5.91 Å². The Bertz CT molecular complexity index is 577. The molecule has 1 N–H and O–H groups in total. The van der Waals surface area contributed by atoms with Crippen molar-refractivity contribution in [1.29, 1.82) is 0 Å². The number of benzene rings is 1. The average molecular weight is 261 g/mol. The Morgan fingerprint density at radius 3 is 2.95 bits per heavy atom. The largest absolute Gasteiger partial charge is 0.383 e. The molecule has 1 aromatic carbocycles. The number of ether oxygens (including phenoxy) is 1. The minimum atomic E-state index is -0.0317. The lowest BCUT2D eigenvalue weighted by Gasteiger charge is -2.13. The van der Waals surface area contributed by atoms with Crippen LogP contribution in [-0.4, -0.2) is 35.2 Å². The molecule has 0 radical (unpaired) electrons. The summed E-state index contributed by atoms with van der Waals surface area (Å²) in [6.07, 6.45) is 0. The third-order valence-corrected chi connectivity index (χ3v) is 2.97. The van der Waals surface area contributed by atoms with Crippen LogP contribution in [0.25, 0.3) is 11.0 Å². The van der Waals surface area contributed by atoms with E-state index in [-0.39, 0.29) is 18.5 Å². The van der Waals surface area contributed by atoms with Crippen LogP contribution in [-0.2, 0) is 16.1 Å². The number of aryl methyl sites for hydroxylation is 1. The molecule has 1 aromatic heterocycles. The van der Waals surface area contributed by atoms with Gasteiger partial charge in [0.25, 0.3) is 0 Å². The number of aromatic nitrogens is 2. The molecule has 102 valence electrons. The molecule has 0 fully saturated rings. The second kappa shape index (κ2) is 5.84. The van der Waals surface area contributed by atoms with Gasteiger partial charge >= 0.3 is 0 Å². The molecule has 2 rings (SSSR count). The molecule has 1 unspecified atom stereocenters. The summed E-state index contributed by atoms with van der Waals surface area (Å²) in [5.41, 5.74) is 1.90. The third kappa shape index (κ3) is 3.12. The van der Waals surface area contributed by atoms with Crippen LogP contribution in [0, 0.1) is 6.92 Å². The van der Waals surface area contributed by atoms with E-state index in [9.17, 15) is 4.79 Å². The number of amides is 1. The standard InChI is InChI=1S/C14H19N3O2/c1-10(9-19-3)15-14(18)8-17-11(2)16-12-6-4-5-7-13(12)17/h4-7,10H,8-9H2,1-3H3,(H,15,18). The maximum atomic E-state index is 12.0. The topological polar surface area (TPSA) is 56.1 Å². The minimum Gasteiger partial charge on any atom is -0.383 e. The molecule has 5 heteroatoms. The molecule has 1 atom stereocenters. The second-order valence-electron chi connectivity index (χ2n) is 4.66. The number of nitrogens with zero attached hydrogens (tertiary/aromatic N) is 2. The second-order valence-corrected chi connectivity index (χ2v) is 4.66. The van der Waals surface area contributed by atoms with Crippen LogP contribution in [0.2, 0.25) is 0 Å². The smallest absolute Gasteiger partial charge is 0.240 e. The highest BCUT2D eigenvalue weighted by atomic mass is 16.5. The highest BCUT2D eigenvalue weighted by Crippen LogP contribution is 2.14. The Labute approximate surface area is 112 Å². The third-order valence-electron chi connectivity index (χ3n) is 2.97. The van der Waals surface area contributed by atoms with Crippen molar-refractivity contribution in [2.24, 2.45) is 0 Å². The zero-order valence-electron chi connectivity index (χ0n) is 11.5. The molecule has 0 aliphatic rings. The molecule has 1 heterocycles. The van der Waals surface area contributed by atoms with E-state index in [0.29, 0.717) is 6.61 Å². The van der Waals surface area contributed by atoms with Crippen LogP contribution in [0.1, 0.15) is 12.7 Å². The van der Waals surface area contributed by atoms with E-state index in [2.05, 4.69) is 10.3 Å². The summed E-state index contributed by atoms with van der Waals surface area (Å²) in [6, 6.07) is 7.82. The Morgan fingerprint density at radius 2 is 2.21 bits per heavy atom. The van der Waals surface area contributed by atoms with E-state index < -0.39 is 0 Å². The number of fused-ring (bicyclic) bond motifs is 1. The number of methoxy groups -OCH3 is 1. The van der Waals surface area contributed by atoms with Crippen LogP contribution in [0.15, 0.2) is 24.3 Å². The Balaban J connectivity index is 2.13. The molecule has 0 aliphatic heterocycles. The number of hydrogen-bond donors (Lipinski definition) is 1. The SMILES string of the molecule is COCC(C)NC(=O)Cn1c(C)nc2ccccc21. The van der Waals surface area contributed by atoms with Gasteiger partial charge in [-0.2, -0.15) is 0 Å². The summed E-state index contributed by atoms with van der Waals surface area (Å²) in [7, 11) is 1.62. The summed E-state index contributed by atoms with van der Waals surface area (Å²) in [6.45, 7) is 4.61. The van der Waals surface area contributed by atoms with Gasteiger partial charge in [-0.15, -0.1) is 0 Å². The summed E-state index contributed by atoms with van der Waals surface area (Å²) in [5.74, 6) is 0.812. The van der Waals surface area contributed by atoms with Crippen molar-refractivity contribution in [3.05, 3.63) is 30.1 Å². The van der Waals surface area contributed by atoms with Crippen LogP contribution in [0.5, 0.6) is 0 Å². The van der Waals surface area contributed by atoms with Gasteiger partial charge in [0.15, 0.2) is 0 Å². The molecule has 0 aliphatic carbocycles. The Kier molecular flexibility index (Phi) is 4.16. The van der Waals surface area contributed by atoms with Gasteiger partial charge in [0.05, 0.1) is 17.6 Å². The monoisotopic (exact) mass is 261 g/mol. The van der Waals surface area contributed by atoms with Crippen LogP contribution in [0.3, 0.4) is 0 Å². The fourth-order valence-electron chi connectivity index (χ4n) is 2.15. The van der Waals surface area contributed by atoms with Crippen molar-refractivity contribution < 1.29 is 9.53 Å². The zero-order valence-corrected chi connectivity index (χ0v) is 11.5. The molecular weight excluding hydrogens is 242 g/mol. The quantitative estimate of drug-likeness (QED) is 0.887. The predicted octanol–water partition coefficient (Wildman–Crippen LogP) is 1.50. The average Bonchev–Trinajstić information content (AvgIpc) is 2.66. The maximum absolute atomic E-state index is 12.0. The van der Waals surface area contributed by atoms with Crippen molar-refractivity contribution in [2.45, 2.75) is 26.4 Å². The normalized spacial score (nSPS) is 12.6. The molecule has 19 heavy (non-hydrogen) atoms. The first-order valence-corrected chi connectivity index (χ1v) is 6.32. The summed E-state index contributed by atoms with van der Waals surface area (Å²) in [4.78, 5) is 16.4. The van der Waals surface area contributed by atoms with E-state index in [0.717, 1.165) is 16.9 Å². The summed E-state index contributed by atoms with van der Waals surface area (Å²) < 4.78 is 6.92. The van der Waals surface area contributed by atoms with Crippen molar-refractivity contribution in [2.75, 3.05) is 13.7 Å². The van der Waals surface area contributed by atoms with Crippen LogP contribution >= 0.6 is 0 Å². The predicted molar refractivity (Wildman–Crippen MR) is 74.0 cm³/mol. The fourth-order valence-corrected chi connectivity index (χ4v) is 2.15. The van der Waals surface area contributed by atoms with Crippen molar-refractivity contribution in [3.63, 3.8) is 0 Å². The fraction of sp³-hybridized carbons (Fsp3) is 0.429.